The van der Waals surface area contributed by atoms with Gasteiger partial charge in [0.1, 0.15) is 0 Å². The van der Waals surface area contributed by atoms with E-state index in [1.165, 1.54) is 0 Å². The summed E-state index contributed by atoms with van der Waals surface area (Å²) < 4.78 is 0. The van der Waals surface area contributed by atoms with Crippen molar-refractivity contribution >= 4 is 11.9 Å². The zero-order valence-corrected chi connectivity index (χ0v) is 11.8. The van der Waals surface area contributed by atoms with Crippen LogP contribution in [0.5, 0.6) is 0 Å². The van der Waals surface area contributed by atoms with Crippen molar-refractivity contribution in [3.8, 4) is 0 Å². The number of carbonyl (C=O) groups excluding carboxylic acids is 1. The van der Waals surface area contributed by atoms with E-state index in [9.17, 15) is 9.59 Å². The van der Waals surface area contributed by atoms with Crippen LogP contribution in [0.4, 0.5) is 0 Å². The molecular weight excluding hydrogens is 230 g/mol. The normalized spacial score (nSPS) is 19.1. The van der Waals surface area contributed by atoms with Gasteiger partial charge in [0, 0.05) is 12.5 Å². The van der Waals surface area contributed by atoms with E-state index in [1.54, 1.807) is 0 Å². The summed E-state index contributed by atoms with van der Waals surface area (Å²) in [4.78, 5) is 22.7. The largest absolute Gasteiger partial charge is 0.481 e. The highest BCUT2D eigenvalue weighted by molar-refractivity contribution is 5.77. The van der Waals surface area contributed by atoms with Crippen molar-refractivity contribution in [3.05, 3.63) is 0 Å². The summed E-state index contributed by atoms with van der Waals surface area (Å²) in [5.74, 6) is -0.205. The SMILES string of the molecule is C[C@H](CC(=O)N[C@H](CC(=O)O)C1CC1)C(C)(C)C. The molecule has 104 valence electrons. The Bertz CT molecular complexity index is 315. The third-order valence-corrected chi connectivity index (χ3v) is 3.90. The Balaban J connectivity index is 2.44. The summed E-state index contributed by atoms with van der Waals surface area (Å²) in [7, 11) is 0. The molecule has 0 aliphatic heterocycles. The first-order chi connectivity index (χ1) is 8.20. The summed E-state index contributed by atoms with van der Waals surface area (Å²) >= 11 is 0. The van der Waals surface area contributed by atoms with Crippen molar-refractivity contribution < 1.29 is 14.7 Å². The second-order valence-electron chi connectivity index (χ2n) is 6.58. The van der Waals surface area contributed by atoms with Crippen molar-refractivity contribution in [2.24, 2.45) is 17.3 Å². The van der Waals surface area contributed by atoms with Crippen molar-refractivity contribution in [1.82, 2.24) is 5.32 Å². The predicted molar refractivity (Wildman–Crippen MR) is 70.1 cm³/mol. The topological polar surface area (TPSA) is 66.4 Å². The van der Waals surface area contributed by atoms with Crippen LogP contribution in [0.2, 0.25) is 0 Å². The minimum Gasteiger partial charge on any atom is -0.481 e. The zero-order valence-electron chi connectivity index (χ0n) is 11.8. The van der Waals surface area contributed by atoms with Crippen molar-refractivity contribution in [2.75, 3.05) is 0 Å². The molecule has 0 bridgehead atoms. The van der Waals surface area contributed by atoms with Gasteiger partial charge in [-0.25, -0.2) is 0 Å². The lowest BCUT2D eigenvalue weighted by Crippen LogP contribution is -2.39. The fraction of sp³-hybridized carbons (Fsp3) is 0.857. The number of hydrogen-bond donors (Lipinski definition) is 2. The molecule has 0 spiro atoms. The number of rotatable bonds is 6. The van der Waals surface area contributed by atoms with Gasteiger partial charge in [-0.15, -0.1) is 0 Å². The predicted octanol–water partition coefficient (Wildman–Crippen LogP) is 2.43. The van der Waals surface area contributed by atoms with Crippen molar-refractivity contribution in [1.29, 1.82) is 0 Å². The van der Waals surface area contributed by atoms with Gasteiger partial charge in [-0.3, -0.25) is 9.59 Å². The van der Waals surface area contributed by atoms with Crippen LogP contribution in [0.15, 0.2) is 0 Å². The Morgan fingerprint density at radius 2 is 1.83 bits per heavy atom. The number of nitrogens with one attached hydrogen (secondary N) is 1. The van der Waals surface area contributed by atoms with E-state index in [0.717, 1.165) is 12.8 Å². The standard InChI is InChI=1S/C14H25NO3/c1-9(14(2,3)4)7-12(16)15-11(8-13(17)18)10-5-6-10/h9-11H,5-8H2,1-4H3,(H,15,16)(H,17,18)/t9-,11-/m1/s1. The third-order valence-electron chi connectivity index (χ3n) is 3.90. The lowest BCUT2D eigenvalue weighted by Gasteiger charge is -2.27. The fourth-order valence-electron chi connectivity index (χ4n) is 1.87. The van der Waals surface area contributed by atoms with E-state index in [4.69, 9.17) is 5.11 Å². The minimum absolute atomic E-state index is 0.0180. The van der Waals surface area contributed by atoms with Gasteiger partial charge in [0.05, 0.1) is 6.42 Å². The van der Waals surface area contributed by atoms with E-state index in [-0.39, 0.29) is 29.7 Å². The number of aliphatic carboxylic acids is 1. The van der Waals surface area contributed by atoms with Gasteiger partial charge in [0.15, 0.2) is 0 Å². The first-order valence-corrected chi connectivity index (χ1v) is 6.71. The molecule has 0 radical (unpaired) electrons. The summed E-state index contributed by atoms with van der Waals surface area (Å²) in [6.45, 7) is 8.39. The van der Waals surface area contributed by atoms with Gasteiger partial charge in [0.25, 0.3) is 0 Å². The van der Waals surface area contributed by atoms with Gasteiger partial charge < -0.3 is 10.4 Å². The van der Waals surface area contributed by atoms with Crippen LogP contribution in [-0.4, -0.2) is 23.0 Å². The molecular formula is C14H25NO3. The molecule has 2 atom stereocenters. The van der Waals surface area contributed by atoms with Gasteiger partial charge >= 0.3 is 5.97 Å². The van der Waals surface area contributed by atoms with Gasteiger partial charge in [-0.2, -0.15) is 0 Å². The van der Waals surface area contributed by atoms with Crippen molar-refractivity contribution in [3.63, 3.8) is 0 Å². The van der Waals surface area contributed by atoms with Crippen molar-refractivity contribution in [2.45, 2.75) is 59.4 Å². The Hall–Kier alpha value is -1.06. The van der Waals surface area contributed by atoms with Crippen LogP contribution in [-0.2, 0) is 9.59 Å². The van der Waals surface area contributed by atoms with Crippen LogP contribution >= 0.6 is 0 Å². The average Bonchev–Trinajstić information content (AvgIpc) is 2.96. The molecule has 2 N–H and O–H groups in total. The summed E-state index contributed by atoms with van der Waals surface area (Å²) in [5, 5.41) is 11.7. The Labute approximate surface area is 109 Å². The summed E-state index contributed by atoms with van der Waals surface area (Å²) in [6, 6.07) is -0.179. The number of carboxylic acids is 1. The molecule has 4 heteroatoms. The summed E-state index contributed by atoms with van der Waals surface area (Å²) in [6.07, 6.45) is 2.58. The number of hydrogen-bond acceptors (Lipinski definition) is 2. The van der Waals surface area contributed by atoms with Crippen LogP contribution in [0, 0.1) is 17.3 Å². The molecule has 1 rings (SSSR count). The van der Waals surface area contributed by atoms with Crippen LogP contribution < -0.4 is 5.32 Å². The molecule has 0 aromatic rings. The smallest absolute Gasteiger partial charge is 0.305 e. The highest BCUT2D eigenvalue weighted by Gasteiger charge is 2.34. The molecule has 1 aliphatic rings. The molecule has 1 saturated carbocycles. The summed E-state index contributed by atoms with van der Waals surface area (Å²) in [5.41, 5.74) is 0.0964. The maximum atomic E-state index is 11.9. The molecule has 0 aromatic carbocycles. The van der Waals surface area contributed by atoms with E-state index >= 15 is 0 Å². The second kappa shape index (κ2) is 5.72. The molecule has 1 fully saturated rings. The lowest BCUT2D eigenvalue weighted by atomic mass is 9.80. The van der Waals surface area contributed by atoms with Gasteiger partial charge in [-0.05, 0) is 30.1 Å². The first kappa shape index (κ1) is 15.0. The average molecular weight is 255 g/mol. The second-order valence-corrected chi connectivity index (χ2v) is 6.58. The number of amides is 1. The molecule has 0 heterocycles. The molecule has 1 aliphatic carbocycles. The highest BCUT2D eigenvalue weighted by Crippen LogP contribution is 2.34. The third kappa shape index (κ3) is 5.07. The van der Waals surface area contributed by atoms with E-state index in [1.807, 2.05) is 0 Å². The molecule has 18 heavy (non-hydrogen) atoms. The Kier molecular flexibility index (Phi) is 4.77. The number of carboxylic acid groups (broad SMARTS) is 1. The molecule has 4 nitrogen and oxygen atoms in total. The molecule has 0 unspecified atom stereocenters. The van der Waals surface area contributed by atoms with E-state index in [2.05, 4.69) is 33.0 Å². The van der Waals surface area contributed by atoms with Crippen LogP contribution in [0.3, 0.4) is 0 Å². The number of carbonyl (C=O) groups is 2. The molecule has 0 aromatic heterocycles. The maximum Gasteiger partial charge on any atom is 0.305 e. The molecule has 1 amide bonds. The maximum absolute atomic E-state index is 11.9. The molecule has 0 saturated heterocycles. The fourth-order valence-corrected chi connectivity index (χ4v) is 1.87. The monoisotopic (exact) mass is 255 g/mol. The van der Waals surface area contributed by atoms with E-state index < -0.39 is 5.97 Å². The zero-order chi connectivity index (χ0) is 13.9. The first-order valence-electron chi connectivity index (χ1n) is 6.71. The highest BCUT2D eigenvalue weighted by atomic mass is 16.4. The van der Waals surface area contributed by atoms with Crippen LogP contribution in [0.1, 0.15) is 53.4 Å². The Morgan fingerprint density at radius 1 is 1.28 bits per heavy atom. The van der Waals surface area contributed by atoms with E-state index in [0.29, 0.717) is 12.3 Å². The lowest BCUT2D eigenvalue weighted by molar-refractivity contribution is -0.138. The quantitative estimate of drug-likeness (QED) is 0.766. The Morgan fingerprint density at radius 3 is 2.22 bits per heavy atom. The minimum atomic E-state index is -0.837. The van der Waals surface area contributed by atoms with Gasteiger partial charge in [-0.1, -0.05) is 27.7 Å². The van der Waals surface area contributed by atoms with Gasteiger partial charge in [0.2, 0.25) is 5.91 Å². The van der Waals surface area contributed by atoms with Crippen LogP contribution in [0.25, 0.3) is 0 Å².